The van der Waals surface area contributed by atoms with Crippen LogP contribution in [0.5, 0.6) is 0 Å². The summed E-state index contributed by atoms with van der Waals surface area (Å²) in [6.07, 6.45) is 8.72. The second-order valence-electron chi connectivity index (χ2n) is 8.50. The molecule has 2 amide bonds. The number of hydrogen-bond acceptors (Lipinski definition) is 4. The number of carbonyl (C=O) groups is 2. The first-order valence-electron chi connectivity index (χ1n) is 10.5. The van der Waals surface area contributed by atoms with Gasteiger partial charge in [-0.15, -0.1) is 5.10 Å². The van der Waals surface area contributed by atoms with Crippen molar-refractivity contribution in [1.82, 2.24) is 24.8 Å². The number of carbonyl (C=O) groups excluding carboxylic acids is 2. The SMILES string of the molecule is CC(C)Cc1cn(CC2CCCN(C(=O)CN3CCCCCC3=O)C2)nn1. The maximum atomic E-state index is 12.7. The van der Waals surface area contributed by atoms with Crippen LogP contribution in [0, 0.1) is 11.8 Å². The van der Waals surface area contributed by atoms with E-state index in [2.05, 4.69) is 24.2 Å². The van der Waals surface area contributed by atoms with Gasteiger partial charge in [0.2, 0.25) is 11.8 Å². The van der Waals surface area contributed by atoms with Gasteiger partial charge in [-0.05, 0) is 43.9 Å². The first-order chi connectivity index (χ1) is 13.0. The first kappa shape index (κ1) is 19.8. The Kier molecular flexibility index (Phi) is 6.85. The number of nitrogens with zero attached hydrogens (tertiary/aromatic N) is 5. The average molecular weight is 376 g/mol. The molecule has 1 unspecified atom stereocenters. The number of aromatic nitrogens is 3. The zero-order valence-corrected chi connectivity index (χ0v) is 16.8. The average Bonchev–Trinajstić information content (AvgIpc) is 2.95. The molecule has 0 bridgehead atoms. The van der Waals surface area contributed by atoms with Gasteiger partial charge in [-0.1, -0.05) is 25.5 Å². The summed E-state index contributed by atoms with van der Waals surface area (Å²) in [5.74, 6) is 1.19. The van der Waals surface area contributed by atoms with E-state index in [0.717, 1.165) is 70.4 Å². The topological polar surface area (TPSA) is 71.3 Å². The molecule has 2 aliphatic rings. The number of rotatable bonds is 6. The van der Waals surface area contributed by atoms with Gasteiger partial charge < -0.3 is 9.80 Å². The molecule has 1 aromatic rings. The van der Waals surface area contributed by atoms with Crippen LogP contribution in [-0.2, 0) is 22.6 Å². The molecule has 0 N–H and O–H groups in total. The predicted molar refractivity (Wildman–Crippen MR) is 103 cm³/mol. The van der Waals surface area contributed by atoms with Crippen molar-refractivity contribution < 1.29 is 9.59 Å². The minimum absolute atomic E-state index is 0.0917. The number of piperidine rings is 1. The Morgan fingerprint density at radius 1 is 1.22 bits per heavy atom. The fourth-order valence-corrected chi connectivity index (χ4v) is 4.11. The first-order valence-corrected chi connectivity index (χ1v) is 10.5. The van der Waals surface area contributed by atoms with Crippen LogP contribution in [0.2, 0.25) is 0 Å². The van der Waals surface area contributed by atoms with Crippen LogP contribution in [0.3, 0.4) is 0 Å². The maximum Gasteiger partial charge on any atom is 0.242 e. The summed E-state index contributed by atoms with van der Waals surface area (Å²) in [7, 11) is 0. The van der Waals surface area contributed by atoms with Gasteiger partial charge in [-0.3, -0.25) is 14.3 Å². The third-order valence-electron chi connectivity index (χ3n) is 5.52. The minimum atomic E-state index is 0.0917. The van der Waals surface area contributed by atoms with E-state index in [1.165, 1.54) is 0 Å². The predicted octanol–water partition coefficient (Wildman–Crippen LogP) is 2.12. The maximum absolute atomic E-state index is 12.7. The van der Waals surface area contributed by atoms with Crippen molar-refractivity contribution in [3.05, 3.63) is 11.9 Å². The Labute approximate surface area is 162 Å². The van der Waals surface area contributed by atoms with Gasteiger partial charge in [-0.2, -0.15) is 0 Å². The van der Waals surface area contributed by atoms with E-state index in [-0.39, 0.29) is 18.4 Å². The Morgan fingerprint density at radius 3 is 2.89 bits per heavy atom. The molecule has 0 spiro atoms. The lowest BCUT2D eigenvalue weighted by molar-refractivity contribution is -0.141. The molecule has 3 heterocycles. The molecule has 0 aromatic carbocycles. The smallest absolute Gasteiger partial charge is 0.242 e. The molecule has 150 valence electrons. The van der Waals surface area contributed by atoms with E-state index in [0.29, 0.717) is 18.3 Å². The van der Waals surface area contributed by atoms with Crippen LogP contribution >= 0.6 is 0 Å². The van der Waals surface area contributed by atoms with Gasteiger partial charge in [0.05, 0.1) is 12.2 Å². The molecule has 2 aliphatic heterocycles. The molecule has 7 nitrogen and oxygen atoms in total. The Hall–Kier alpha value is -1.92. The van der Waals surface area contributed by atoms with Gasteiger partial charge in [0.15, 0.2) is 0 Å². The molecule has 0 aliphatic carbocycles. The number of likely N-dealkylation sites (tertiary alicyclic amines) is 2. The zero-order valence-electron chi connectivity index (χ0n) is 16.8. The summed E-state index contributed by atoms with van der Waals surface area (Å²) in [4.78, 5) is 28.6. The van der Waals surface area contributed by atoms with Gasteiger partial charge in [0.1, 0.15) is 0 Å². The Morgan fingerprint density at radius 2 is 2.07 bits per heavy atom. The van der Waals surface area contributed by atoms with Crippen LogP contribution < -0.4 is 0 Å². The quantitative estimate of drug-likeness (QED) is 0.763. The zero-order chi connectivity index (χ0) is 19.2. The van der Waals surface area contributed by atoms with Gasteiger partial charge in [0, 0.05) is 38.8 Å². The third kappa shape index (κ3) is 5.78. The molecule has 2 fully saturated rings. The van der Waals surface area contributed by atoms with E-state index < -0.39 is 0 Å². The summed E-state index contributed by atoms with van der Waals surface area (Å²) < 4.78 is 1.93. The summed E-state index contributed by atoms with van der Waals surface area (Å²) in [5.41, 5.74) is 1.04. The molecule has 1 aromatic heterocycles. The summed E-state index contributed by atoms with van der Waals surface area (Å²) in [6.45, 7) is 7.68. The van der Waals surface area contributed by atoms with E-state index >= 15 is 0 Å². The van der Waals surface area contributed by atoms with Crippen LogP contribution in [0.4, 0.5) is 0 Å². The lowest BCUT2D eigenvalue weighted by Gasteiger charge is -2.34. The van der Waals surface area contributed by atoms with Gasteiger partial charge in [-0.25, -0.2) is 0 Å². The standard InChI is InChI=1S/C20H33N5O2/c1-16(2)11-18-14-25(22-21-18)13-17-7-6-10-23(12-17)20(27)15-24-9-5-3-4-8-19(24)26/h14,16-17H,3-13,15H2,1-2H3. The minimum Gasteiger partial charge on any atom is -0.341 e. The molecule has 2 saturated heterocycles. The van der Waals surface area contributed by atoms with Crippen molar-refractivity contribution in [1.29, 1.82) is 0 Å². The second-order valence-corrected chi connectivity index (χ2v) is 8.50. The molecular formula is C20H33N5O2. The molecule has 3 rings (SSSR count). The monoisotopic (exact) mass is 375 g/mol. The van der Waals surface area contributed by atoms with Crippen molar-refractivity contribution in [2.45, 2.75) is 65.3 Å². The van der Waals surface area contributed by atoms with Crippen molar-refractivity contribution in [2.75, 3.05) is 26.2 Å². The van der Waals surface area contributed by atoms with Crippen LogP contribution in [-0.4, -0.2) is 62.8 Å². The van der Waals surface area contributed by atoms with Crippen molar-refractivity contribution >= 4 is 11.8 Å². The van der Waals surface area contributed by atoms with E-state index in [4.69, 9.17) is 0 Å². The molecule has 7 heteroatoms. The fourth-order valence-electron chi connectivity index (χ4n) is 4.11. The molecule has 0 saturated carbocycles. The van der Waals surface area contributed by atoms with Crippen molar-refractivity contribution in [3.63, 3.8) is 0 Å². The third-order valence-corrected chi connectivity index (χ3v) is 5.52. The largest absolute Gasteiger partial charge is 0.341 e. The van der Waals surface area contributed by atoms with E-state index in [9.17, 15) is 9.59 Å². The summed E-state index contributed by atoms with van der Waals surface area (Å²) >= 11 is 0. The number of hydrogen-bond donors (Lipinski definition) is 0. The highest BCUT2D eigenvalue weighted by Crippen LogP contribution is 2.19. The van der Waals surface area contributed by atoms with Crippen LogP contribution in [0.15, 0.2) is 6.20 Å². The lowest BCUT2D eigenvalue weighted by atomic mass is 9.98. The normalized spacial score (nSPS) is 21.6. The highest BCUT2D eigenvalue weighted by atomic mass is 16.2. The van der Waals surface area contributed by atoms with Gasteiger partial charge >= 0.3 is 0 Å². The highest BCUT2D eigenvalue weighted by Gasteiger charge is 2.27. The van der Waals surface area contributed by atoms with E-state index in [1.54, 1.807) is 4.90 Å². The molecule has 0 radical (unpaired) electrons. The molecular weight excluding hydrogens is 342 g/mol. The van der Waals surface area contributed by atoms with E-state index in [1.807, 2.05) is 15.8 Å². The lowest BCUT2D eigenvalue weighted by Crippen LogP contribution is -2.47. The van der Waals surface area contributed by atoms with Crippen LogP contribution in [0.25, 0.3) is 0 Å². The van der Waals surface area contributed by atoms with Crippen molar-refractivity contribution in [2.24, 2.45) is 11.8 Å². The van der Waals surface area contributed by atoms with Gasteiger partial charge in [0.25, 0.3) is 0 Å². The fraction of sp³-hybridized carbons (Fsp3) is 0.800. The highest BCUT2D eigenvalue weighted by molar-refractivity contribution is 5.85. The summed E-state index contributed by atoms with van der Waals surface area (Å²) in [5, 5.41) is 8.52. The molecule has 1 atom stereocenters. The molecule has 27 heavy (non-hydrogen) atoms. The Balaban J connectivity index is 1.51. The Bertz CT molecular complexity index is 642. The number of amides is 2. The van der Waals surface area contributed by atoms with Crippen LogP contribution in [0.1, 0.15) is 58.1 Å². The summed E-state index contributed by atoms with van der Waals surface area (Å²) in [6, 6.07) is 0. The second kappa shape index (κ2) is 9.33. The van der Waals surface area contributed by atoms with Crippen molar-refractivity contribution in [3.8, 4) is 0 Å².